The van der Waals surface area contributed by atoms with Gasteiger partial charge in [-0.05, 0) is 47.5 Å². The summed E-state index contributed by atoms with van der Waals surface area (Å²) in [7, 11) is 0. The lowest BCUT2D eigenvalue weighted by Crippen LogP contribution is -2.40. The fraction of sp³-hybridized carbons (Fsp3) is 0.100. The third kappa shape index (κ3) is 3.34. The van der Waals surface area contributed by atoms with Crippen LogP contribution in [0.2, 0.25) is 5.02 Å². The van der Waals surface area contributed by atoms with Crippen molar-refractivity contribution in [2.45, 2.75) is 6.10 Å². The van der Waals surface area contributed by atoms with E-state index in [0.717, 1.165) is 11.1 Å². The summed E-state index contributed by atoms with van der Waals surface area (Å²) in [5.74, 6) is 0.882. The quantitative estimate of drug-likeness (QED) is 0.755. The lowest BCUT2D eigenvalue weighted by molar-refractivity contribution is -0.125. The van der Waals surface area contributed by atoms with Crippen molar-refractivity contribution in [3.05, 3.63) is 72.0 Å². The number of nitrogens with one attached hydrogen (secondary N) is 1. The molecule has 26 heavy (non-hydrogen) atoms. The summed E-state index contributed by atoms with van der Waals surface area (Å²) in [6.07, 6.45) is 2.70. The van der Waals surface area contributed by atoms with Crippen LogP contribution in [-0.2, 0) is 4.79 Å². The fourth-order valence-corrected chi connectivity index (χ4v) is 2.93. The molecule has 5 nitrogen and oxygen atoms in total. The first kappa shape index (κ1) is 16.4. The zero-order valence-corrected chi connectivity index (χ0v) is 14.4. The molecule has 0 saturated carbocycles. The number of anilines is 1. The number of carbonyl (C=O) groups excluding carboxylic acids is 1. The lowest BCUT2D eigenvalue weighted by Gasteiger charge is -2.25. The van der Waals surface area contributed by atoms with E-state index in [2.05, 4.69) is 10.3 Å². The van der Waals surface area contributed by atoms with Crippen molar-refractivity contribution in [3.63, 3.8) is 0 Å². The molecule has 0 bridgehead atoms. The van der Waals surface area contributed by atoms with E-state index < -0.39 is 6.10 Å². The molecule has 6 heteroatoms. The average molecular weight is 367 g/mol. The van der Waals surface area contributed by atoms with E-state index in [1.165, 1.54) is 0 Å². The molecule has 1 aromatic heterocycles. The Hall–Kier alpha value is -3.05. The first-order chi connectivity index (χ1) is 12.7. The third-order valence-corrected chi connectivity index (χ3v) is 4.35. The summed E-state index contributed by atoms with van der Waals surface area (Å²) in [5, 5.41) is 3.25. The topological polar surface area (TPSA) is 60.5 Å². The minimum absolute atomic E-state index is 0.148. The van der Waals surface area contributed by atoms with Crippen molar-refractivity contribution in [1.29, 1.82) is 0 Å². The van der Waals surface area contributed by atoms with E-state index >= 15 is 0 Å². The van der Waals surface area contributed by atoms with Crippen molar-refractivity contribution < 1.29 is 14.3 Å². The predicted octanol–water partition coefficient (Wildman–Crippen LogP) is 4.18. The molecule has 0 saturated heterocycles. The Balaban J connectivity index is 1.48. The van der Waals surface area contributed by atoms with Crippen LogP contribution in [0, 0.1) is 0 Å². The van der Waals surface area contributed by atoms with Crippen LogP contribution in [0.5, 0.6) is 11.5 Å². The van der Waals surface area contributed by atoms with Crippen molar-refractivity contribution in [3.8, 4) is 22.6 Å². The van der Waals surface area contributed by atoms with Crippen LogP contribution in [0.15, 0.2) is 67.0 Å². The lowest BCUT2D eigenvalue weighted by atomic mass is 10.1. The van der Waals surface area contributed by atoms with Crippen LogP contribution in [0.25, 0.3) is 11.1 Å². The first-order valence-electron chi connectivity index (χ1n) is 8.10. The second-order valence-corrected chi connectivity index (χ2v) is 6.19. The molecule has 130 valence electrons. The summed E-state index contributed by atoms with van der Waals surface area (Å²) in [5.41, 5.74) is 2.47. The van der Waals surface area contributed by atoms with E-state index in [1.807, 2.05) is 30.3 Å². The maximum Gasteiger partial charge on any atom is 0.269 e. The molecule has 0 spiro atoms. The highest BCUT2D eigenvalue weighted by atomic mass is 35.5. The van der Waals surface area contributed by atoms with Gasteiger partial charge in [-0.3, -0.25) is 9.78 Å². The Bertz CT molecular complexity index is 947. The molecule has 4 rings (SSSR count). The predicted molar refractivity (Wildman–Crippen MR) is 99.7 cm³/mol. The number of ether oxygens (including phenoxy) is 2. The van der Waals surface area contributed by atoms with Gasteiger partial charge in [-0.15, -0.1) is 0 Å². The number of fused-ring (bicyclic) bond motifs is 1. The van der Waals surface area contributed by atoms with Gasteiger partial charge in [0.25, 0.3) is 5.91 Å². The fourth-order valence-electron chi connectivity index (χ4n) is 2.70. The number of rotatable bonds is 3. The highest BCUT2D eigenvalue weighted by molar-refractivity contribution is 6.34. The summed E-state index contributed by atoms with van der Waals surface area (Å²) in [4.78, 5) is 16.5. The number of benzene rings is 2. The van der Waals surface area contributed by atoms with Crippen LogP contribution >= 0.6 is 11.6 Å². The zero-order chi connectivity index (χ0) is 17.9. The molecule has 1 N–H and O–H groups in total. The molecule has 1 atom stereocenters. The van der Waals surface area contributed by atoms with Gasteiger partial charge in [0.2, 0.25) is 6.10 Å². The Morgan fingerprint density at radius 2 is 1.81 bits per heavy atom. The Morgan fingerprint density at radius 1 is 1.04 bits per heavy atom. The molecule has 3 aromatic rings. The van der Waals surface area contributed by atoms with Crippen LogP contribution in [-0.4, -0.2) is 23.6 Å². The summed E-state index contributed by atoms with van der Waals surface area (Å²) >= 11 is 6.34. The Labute approximate surface area is 155 Å². The molecular weight excluding hydrogens is 352 g/mol. The molecule has 2 aromatic carbocycles. The number of hydrogen-bond acceptors (Lipinski definition) is 4. The largest absolute Gasteiger partial charge is 0.485 e. The average Bonchev–Trinajstić information content (AvgIpc) is 2.69. The van der Waals surface area contributed by atoms with Crippen LogP contribution in [0.3, 0.4) is 0 Å². The third-order valence-electron chi connectivity index (χ3n) is 4.04. The number of para-hydroxylation sites is 2. The normalized spacial score (nSPS) is 15.3. The van der Waals surface area contributed by atoms with Gasteiger partial charge in [0.1, 0.15) is 6.61 Å². The number of halogens is 1. The van der Waals surface area contributed by atoms with Gasteiger partial charge in [-0.1, -0.05) is 29.8 Å². The summed E-state index contributed by atoms with van der Waals surface area (Å²) < 4.78 is 11.3. The molecule has 0 fully saturated rings. The van der Waals surface area contributed by atoms with Crippen molar-refractivity contribution >= 4 is 23.2 Å². The second-order valence-electron chi connectivity index (χ2n) is 5.78. The molecule has 0 aliphatic carbocycles. The number of amides is 1. The van der Waals surface area contributed by atoms with Gasteiger partial charge in [-0.25, -0.2) is 0 Å². The van der Waals surface area contributed by atoms with Crippen molar-refractivity contribution in [2.75, 3.05) is 11.9 Å². The van der Waals surface area contributed by atoms with Crippen molar-refractivity contribution in [2.24, 2.45) is 0 Å². The summed E-state index contributed by atoms with van der Waals surface area (Å²) in [6.45, 7) is 0.148. The van der Waals surface area contributed by atoms with E-state index in [-0.39, 0.29) is 12.5 Å². The van der Waals surface area contributed by atoms with Gasteiger partial charge in [0.05, 0.1) is 10.7 Å². The number of nitrogens with zero attached hydrogens (tertiary/aromatic N) is 1. The molecule has 1 aliphatic rings. The SMILES string of the molecule is O=C(Nc1ccc(-c2ccncc2)cc1Cl)C1COc2ccccc2O1. The van der Waals surface area contributed by atoms with Crippen LogP contribution < -0.4 is 14.8 Å². The molecule has 0 radical (unpaired) electrons. The maximum absolute atomic E-state index is 12.5. The molecular formula is C20H15ClN2O3. The van der Waals surface area contributed by atoms with E-state index in [1.54, 1.807) is 36.7 Å². The maximum atomic E-state index is 12.5. The number of carbonyl (C=O) groups is 1. The summed E-state index contributed by atoms with van der Waals surface area (Å²) in [6, 6.07) is 16.5. The zero-order valence-electron chi connectivity index (χ0n) is 13.7. The van der Waals surface area contributed by atoms with Gasteiger partial charge in [0, 0.05) is 12.4 Å². The molecule has 1 unspecified atom stereocenters. The smallest absolute Gasteiger partial charge is 0.269 e. The minimum atomic E-state index is -0.735. The van der Waals surface area contributed by atoms with Crippen LogP contribution in [0.4, 0.5) is 5.69 Å². The standard InChI is InChI=1S/C20H15ClN2O3/c21-15-11-14(13-7-9-22-10-8-13)5-6-16(15)23-20(24)19-12-25-17-3-1-2-4-18(17)26-19/h1-11,19H,12H2,(H,23,24). The van der Waals surface area contributed by atoms with E-state index in [9.17, 15) is 4.79 Å². The number of hydrogen-bond donors (Lipinski definition) is 1. The van der Waals surface area contributed by atoms with Gasteiger partial charge in [0.15, 0.2) is 11.5 Å². The number of pyridine rings is 1. The highest BCUT2D eigenvalue weighted by Crippen LogP contribution is 2.32. The molecule has 1 aliphatic heterocycles. The minimum Gasteiger partial charge on any atom is -0.485 e. The van der Waals surface area contributed by atoms with Gasteiger partial charge < -0.3 is 14.8 Å². The molecule has 1 amide bonds. The second kappa shape index (κ2) is 7.06. The van der Waals surface area contributed by atoms with Crippen molar-refractivity contribution in [1.82, 2.24) is 4.98 Å². The monoisotopic (exact) mass is 366 g/mol. The number of aromatic nitrogens is 1. The van der Waals surface area contributed by atoms with Gasteiger partial charge >= 0.3 is 0 Å². The Kier molecular flexibility index (Phi) is 4.46. The van der Waals surface area contributed by atoms with Crippen LogP contribution in [0.1, 0.15) is 0 Å². The Morgan fingerprint density at radius 3 is 2.58 bits per heavy atom. The highest BCUT2D eigenvalue weighted by Gasteiger charge is 2.27. The first-order valence-corrected chi connectivity index (χ1v) is 8.48. The van der Waals surface area contributed by atoms with Gasteiger partial charge in [-0.2, -0.15) is 0 Å². The molecule has 2 heterocycles. The van der Waals surface area contributed by atoms with E-state index in [4.69, 9.17) is 21.1 Å². The van der Waals surface area contributed by atoms with E-state index in [0.29, 0.717) is 22.2 Å².